The minimum Gasteiger partial charge on any atom is -0.324 e. The summed E-state index contributed by atoms with van der Waals surface area (Å²) in [6.45, 7) is 3.21. The maximum absolute atomic E-state index is 12.5. The zero-order valence-corrected chi connectivity index (χ0v) is 16.6. The molecule has 29 heavy (non-hydrogen) atoms. The second kappa shape index (κ2) is 7.17. The van der Waals surface area contributed by atoms with Gasteiger partial charge in [0.15, 0.2) is 0 Å². The van der Waals surface area contributed by atoms with E-state index in [1.165, 1.54) is 0 Å². The van der Waals surface area contributed by atoms with Crippen LogP contribution >= 0.6 is 0 Å². The van der Waals surface area contributed by atoms with Crippen molar-refractivity contribution in [2.75, 3.05) is 10.0 Å². The fourth-order valence-electron chi connectivity index (χ4n) is 2.79. The molecule has 0 aliphatic heterocycles. The SMILES string of the molecule is CC(C)S(=O)(=O)Nc1ccc2nc(NC(=O)c3cc4ccccc4cn3)[nH]c2c1. The third-order valence-electron chi connectivity index (χ3n) is 4.46. The maximum atomic E-state index is 12.5. The number of amides is 1. The molecule has 4 aromatic rings. The summed E-state index contributed by atoms with van der Waals surface area (Å²) in [5.41, 5.74) is 1.88. The monoisotopic (exact) mass is 409 g/mol. The van der Waals surface area contributed by atoms with Crippen LogP contribution in [0.1, 0.15) is 24.3 Å². The first-order chi connectivity index (χ1) is 13.8. The van der Waals surface area contributed by atoms with Gasteiger partial charge in [0.2, 0.25) is 16.0 Å². The summed E-state index contributed by atoms with van der Waals surface area (Å²) in [6, 6.07) is 14.3. The fourth-order valence-corrected chi connectivity index (χ4v) is 3.48. The second-order valence-corrected chi connectivity index (χ2v) is 9.12. The van der Waals surface area contributed by atoms with Gasteiger partial charge < -0.3 is 4.98 Å². The van der Waals surface area contributed by atoms with Crippen molar-refractivity contribution in [1.82, 2.24) is 15.0 Å². The Hall–Kier alpha value is -3.46. The molecule has 1 amide bonds. The molecule has 9 heteroatoms. The zero-order valence-electron chi connectivity index (χ0n) is 15.8. The third kappa shape index (κ3) is 3.90. The number of carbonyl (C=O) groups excluding carboxylic acids is 1. The lowest BCUT2D eigenvalue weighted by Gasteiger charge is -2.10. The predicted molar refractivity (Wildman–Crippen MR) is 113 cm³/mol. The average Bonchev–Trinajstić information content (AvgIpc) is 3.08. The molecule has 0 radical (unpaired) electrons. The largest absolute Gasteiger partial charge is 0.324 e. The highest BCUT2D eigenvalue weighted by Crippen LogP contribution is 2.21. The summed E-state index contributed by atoms with van der Waals surface area (Å²) >= 11 is 0. The number of benzene rings is 2. The molecule has 0 saturated heterocycles. The van der Waals surface area contributed by atoms with Gasteiger partial charge in [-0.15, -0.1) is 0 Å². The molecule has 0 aliphatic rings. The van der Waals surface area contributed by atoms with Gasteiger partial charge in [0.1, 0.15) is 5.69 Å². The van der Waals surface area contributed by atoms with Crippen molar-refractivity contribution in [2.24, 2.45) is 0 Å². The number of aromatic nitrogens is 3. The summed E-state index contributed by atoms with van der Waals surface area (Å²) in [7, 11) is -3.45. The number of rotatable bonds is 5. The highest BCUT2D eigenvalue weighted by molar-refractivity contribution is 7.93. The van der Waals surface area contributed by atoms with Crippen molar-refractivity contribution in [2.45, 2.75) is 19.1 Å². The van der Waals surface area contributed by atoms with E-state index in [1.807, 2.05) is 24.3 Å². The van der Waals surface area contributed by atoms with E-state index in [2.05, 4.69) is 25.0 Å². The molecule has 0 aliphatic carbocycles. The molecular formula is C20H19N5O3S. The molecule has 4 rings (SSSR count). The number of sulfonamides is 1. The number of hydrogen-bond donors (Lipinski definition) is 3. The standard InChI is InChI=1S/C20H19N5O3S/c1-12(2)29(27,28)25-15-7-8-16-17(10-15)23-20(22-16)24-19(26)18-9-13-5-3-4-6-14(13)11-21-18/h3-12,25H,1-2H3,(H2,22,23,24,26). The Balaban J connectivity index is 1.56. The van der Waals surface area contributed by atoms with Crippen LogP contribution in [0.25, 0.3) is 21.8 Å². The van der Waals surface area contributed by atoms with Crippen molar-refractivity contribution >= 4 is 49.4 Å². The van der Waals surface area contributed by atoms with E-state index in [0.29, 0.717) is 16.7 Å². The van der Waals surface area contributed by atoms with Crippen LogP contribution in [-0.2, 0) is 10.0 Å². The minimum absolute atomic E-state index is 0.254. The molecule has 8 nitrogen and oxygen atoms in total. The van der Waals surface area contributed by atoms with Crippen molar-refractivity contribution in [1.29, 1.82) is 0 Å². The van der Waals surface area contributed by atoms with Gasteiger partial charge in [-0.2, -0.15) is 0 Å². The first-order valence-corrected chi connectivity index (χ1v) is 10.5. The van der Waals surface area contributed by atoms with Crippen LogP contribution in [0, 0.1) is 0 Å². The molecule has 2 aromatic heterocycles. The van der Waals surface area contributed by atoms with Crippen molar-refractivity contribution < 1.29 is 13.2 Å². The van der Waals surface area contributed by atoms with E-state index < -0.39 is 21.2 Å². The average molecular weight is 409 g/mol. The number of nitrogens with one attached hydrogen (secondary N) is 3. The number of imidazole rings is 1. The predicted octanol–water partition coefficient (Wildman–Crippen LogP) is 3.51. The summed E-state index contributed by atoms with van der Waals surface area (Å²) in [4.78, 5) is 24.0. The Morgan fingerprint density at radius 1 is 1.07 bits per heavy atom. The molecule has 3 N–H and O–H groups in total. The van der Waals surface area contributed by atoms with Crippen molar-refractivity contribution in [3.63, 3.8) is 0 Å². The van der Waals surface area contributed by atoms with Crippen molar-refractivity contribution in [3.05, 3.63) is 60.4 Å². The van der Waals surface area contributed by atoms with Gasteiger partial charge in [-0.05, 0) is 43.5 Å². The van der Waals surface area contributed by atoms with Crippen LogP contribution in [0.5, 0.6) is 0 Å². The zero-order chi connectivity index (χ0) is 20.6. The number of fused-ring (bicyclic) bond motifs is 2. The Morgan fingerprint density at radius 3 is 2.59 bits per heavy atom. The Bertz CT molecular complexity index is 1330. The highest BCUT2D eigenvalue weighted by Gasteiger charge is 2.16. The van der Waals surface area contributed by atoms with Crippen LogP contribution < -0.4 is 10.0 Å². The number of carbonyl (C=O) groups is 1. The van der Waals surface area contributed by atoms with Gasteiger partial charge >= 0.3 is 0 Å². The number of pyridine rings is 1. The normalized spacial score (nSPS) is 11.8. The van der Waals surface area contributed by atoms with E-state index in [0.717, 1.165) is 10.8 Å². The van der Waals surface area contributed by atoms with E-state index in [1.54, 1.807) is 44.3 Å². The Labute approximate surface area is 167 Å². The van der Waals surface area contributed by atoms with Crippen LogP contribution in [-0.4, -0.2) is 34.5 Å². The van der Waals surface area contributed by atoms with Crippen LogP contribution in [0.4, 0.5) is 11.6 Å². The molecule has 148 valence electrons. The number of aromatic amines is 1. The number of nitrogens with zero attached hydrogens (tertiary/aromatic N) is 2. The quantitative estimate of drug-likeness (QED) is 0.466. The molecule has 0 atom stereocenters. The summed E-state index contributed by atoms with van der Waals surface area (Å²) in [5.74, 6) is -0.139. The Kier molecular flexibility index (Phi) is 4.67. The van der Waals surface area contributed by atoms with Gasteiger partial charge in [-0.1, -0.05) is 24.3 Å². The van der Waals surface area contributed by atoms with Gasteiger partial charge in [0, 0.05) is 11.6 Å². The first-order valence-electron chi connectivity index (χ1n) is 8.99. The molecule has 2 aromatic carbocycles. The van der Waals surface area contributed by atoms with Gasteiger partial charge in [0.05, 0.1) is 22.0 Å². The lowest BCUT2D eigenvalue weighted by Crippen LogP contribution is -2.22. The van der Waals surface area contributed by atoms with E-state index in [-0.39, 0.29) is 11.6 Å². The Morgan fingerprint density at radius 2 is 1.83 bits per heavy atom. The molecular weight excluding hydrogens is 390 g/mol. The summed E-state index contributed by atoms with van der Waals surface area (Å²) in [5, 5.41) is 4.00. The summed E-state index contributed by atoms with van der Waals surface area (Å²) in [6.07, 6.45) is 1.65. The molecule has 0 fully saturated rings. The fraction of sp³-hybridized carbons (Fsp3) is 0.150. The number of hydrogen-bond acceptors (Lipinski definition) is 5. The lowest BCUT2D eigenvalue weighted by atomic mass is 10.1. The second-order valence-electron chi connectivity index (χ2n) is 6.88. The molecule has 0 unspecified atom stereocenters. The molecule has 0 bridgehead atoms. The molecule has 0 saturated carbocycles. The maximum Gasteiger partial charge on any atom is 0.276 e. The smallest absolute Gasteiger partial charge is 0.276 e. The minimum atomic E-state index is -3.45. The van der Waals surface area contributed by atoms with E-state index in [9.17, 15) is 13.2 Å². The van der Waals surface area contributed by atoms with Gasteiger partial charge in [0.25, 0.3) is 5.91 Å². The van der Waals surface area contributed by atoms with Crippen LogP contribution in [0.15, 0.2) is 54.7 Å². The lowest BCUT2D eigenvalue weighted by molar-refractivity contribution is 0.102. The van der Waals surface area contributed by atoms with Crippen molar-refractivity contribution in [3.8, 4) is 0 Å². The number of H-pyrrole nitrogens is 1. The van der Waals surface area contributed by atoms with Gasteiger partial charge in [-0.25, -0.2) is 13.4 Å². The van der Waals surface area contributed by atoms with Crippen LogP contribution in [0.2, 0.25) is 0 Å². The third-order valence-corrected chi connectivity index (χ3v) is 6.22. The van der Waals surface area contributed by atoms with Crippen LogP contribution in [0.3, 0.4) is 0 Å². The number of anilines is 2. The molecule has 2 heterocycles. The molecule has 0 spiro atoms. The highest BCUT2D eigenvalue weighted by atomic mass is 32.2. The topological polar surface area (TPSA) is 117 Å². The summed E-state index contributed by atoms with van der Waals surface area (Å²) < 4.78 is 26.6. The first kappa shape index (κ1) is 18.9. The van der Waals surface area contributed by atoms with Gasteiger partial charge in [-0.3, -0.25) is 19.8 Å². The van der Waals surface area contributed by atoms with E-state index in [4.69, 9.17) is 0 Å². The van der Waals surface area contributed by atoms with E-state index >= 15 is 0 Å².